The summed E-state index contributed by atoms with van der Waals surface area (Å²) in [4.78, 5) is 1.57. The fourth-order valence-electron chi connectivity index (χ4n) is 1.33. The van der Waals surface area contributed by atoms with E-state index < -0.39 is 0 Å². The third-order valence-electron chi connectivity index (χ3n) is 1.82. The first-order valence-corrected chi connectivity index (χ1v) is 5.65. The molecule has 0 amide bonds. The standard InChI is InChI=1S/C7H6Br2S/c8-6-4-2-1-3-5(4)10-7(6)9/h1-3H2. The Morgan fingerprint density at radius 3 is 2.70 bits per heavy atom. The molecule has 0 N–H and O–H groups in total. The van der Waals surface area contributed by atoms with Crippen LogP contribution in [0.1, 0.15) is 16.9 Å². The van der Waals surface area contributed by atoms with Crippen LogP contribution in [-0.4, -0.2) is 0 Å². The molecular formula is C7H6Br2S. The average Bonchev–Trinajstić information content (AvgIpc) is 2.41. The van der Waals surface area contributed by atoms with E-state index in [1.807, 2.05) is 11.3 Å². The van der Waals surface area contributed by atoms with Gasteiger partial charge in [0.25, 0.3) is 0 Å². The normalized spacial score (nSPS) is 15.8. The smallest absolute Gasteiger partial charge is 0.0846 e. The van der Waals surface area contributed by atoms with E-state index in [2.05, 4.69) is 31.9 Å². The molecular weight excluding hydrogens is 276 g/mol. The molecule has 0 spiro atoms. The minimum Gasteiger partial charge on any atom is -0.132 e. The summed E-state index contributed by atoms with van der Waals surface area (Å²) in [6.07, 6.45) is 3.88. The molecule has 0 aliphatic heterocycles. The molecule has 0 unspecified atom stereocenters. The van der Waals surface area contributed by atoms with Gasteiger partial charge in [0.1, 0.15) is 0 Å². The maximum atomic E-state index is 3.56. The van der Waals surface area contributed by atoms with Crippen LogP contribution in [0.5, 0.6) is 0 Å². The second-order valence-corrected chi connectivity index (χ2v) is 5.66. The zero-order valence-corrected chi connectivity index (χ0v) is 9.27. The second-order valence-electron chi connectivity index (χ2n) is 2.45. The number of halogens is 2. The van der Waals surface area contributed by atoms with Gasteiger partial charge in [0.15, 0.2) is 0 Å². The van der Waals surface area contributed by atoms with Crippen molar-refractivity contribution in [1.82, 2.24) is 0 Å². The zero-order valence-electron chi connectivity index (χ0n) is 5.29. The van der Waals surface area contributed by atoms with Crippen LogP contribution in [-0.2, 0) is 12.8 Å². The zero-order chi connectivity index (χ0) is 7.14. The molecule has 10 heavy (non-hydrogen) atoms. The molecule has 1 heterocycles. The highest BCUT2D eigenvalue weighted by Gasteiger charge is 2.18. The first-order chi connectivity index (χ1) is 4.79. The molecule has 2 rings (SSSR count). The Labute approximate surface area is 80.9 Å². The van der Waals surface area contributed by atoms with E-state index in [0.717, 1.165) is 0 Å². The van der Waals surface area contributed by atoms with E-state index in [4.69, 9.17) is 0 Å². The van der Waals surface area contributed by atoms with Crippen LogP contribution >= 0.6 is 43.2 Å². The summed E-state index contributed by atoms with van der Waals surface area (Å²) in [6, 6.07) is 0. The maximum Gasteiger partial charge on any atom is 0.0846 e. The Kier molecular flexibility index (Phi) is 1.91. The number of thiophene rings is 1. The van der Waals surface area contributed by atoms with Crippen LogP contribution in [0.4, 0.5) is 0 Å². The van der Waals surface area contributed by atoms with Crippen molar-refractivity contribution in [1.29, 1.82) is 0 Å². The predicted molar refractivity (Wildman–Crippen MR) is 51.7 cm³/mol. The summed E-state index contributed by atoms with van der Waals surface area (Å²) in [5.41, 5.74) is 1.54. The van der Waals surface area contributed by atoms with Crippen molar-refractivity contribution < 1.29 is 0 Å². The largest absolute Gasteiger partial charge is 0.132 e. The molecule has 0 radical (unpaired) electrons. The molecule has 1 aromatic rings. The van der Waals surface area contributed by atoms with E-state index >= 15 is 0 Å². The maximum absolute atomic E-state index is 3.56. The van der Waals surface area contributed by atoms with Crippen molar-refractivity contribution in [2.45, 2.75) is 19.3 Å². The first-order valence-electron chi connectivity index (χ1n) is 3.24. The van der Waals surface area contributed by atoms with Gasteiger partial charge in [-0.3, -0.25) is 0 Å². The van der Waals surface area contributed by atoms with Crippen LogP contribution in [0.3, 0.4) is 0 Å². The molecule has 0 fully saturated rings. The van der Waals surface area contributed by atoms with Crippen LogP contribution in [0.15, 0.2) is 8.26 Å². The van der Waals surface area contributed by atoms with Gasteiger partial charge in [0, 0.05) is 9.35 Å². The molecule has 0 atom stereocenters. The van der Waals surface area contributed by atoms with Gasteiger partial charge >= 0.3 is 0 Å². The Hall–Kier alpha value is 0.660. The molecule has 0 aromatic carbocycles. The van der Waals surface area contributed by atoms with Crippen LogP contribution in [0.25, 0.3) is 0 Å². The summed E-state index contributed by atoms with van der Waals surface area (Å²) in [5.74, 6) is 0. The van der Waals surface area contributed by atoms with Gasteiger partial charge in [-0.2, -0.15) is 0 Å². The molecule has 3 heteroatoms. The van der Waals surface area contributed by atoms with Crippen LogP contribution < -0.4 is 0 Å². The quantitative estimate of drug-likeness (QED) is 0.679. The number of hydrogen-bond donors (Lipinski definition) is 0. The lowest BCUT2D eigenvalue weighted by molar-refractivity contribution is 0.912. The Morgan fingerprint density at radius 1 is 1.20 bits per heavy atom. The number of fused-ring (bicyclic) bond motifs is 1. The lowest BCUT2D eigenvalue weighted by atomic mass is 10.3. The molecule has 1 aliphatic carbocycles. The molecule has 1 aliphatic rings. The monoisotopic (exact) mass is 280 g/mol. The molecule has 0 bridgehead atoms. The van der Waals surface area contributed by atoms with Crippen LogP contribution in [0.2, 0.25) is 0 Å². The Balaban J connectivity index is 2.59. The minimum atomic E-state index is 1.26. The van der Waals surface area contributed by atoms with Gasteiger partial charge in [-0.05, 0) is 56.7 Å². The summed E-state index contributed by atoms with van der Waals surface area (Å²) in [5, 5.41) is 0. The summed E-state index contributed by atoms with van der Waals surface area (Å²) < 4.78 is 2.56. The van der Waals surface area contributed by atoms with E-state index in [1.165, 1.54) is 33.1 Å². The highest BCUT2D eigenvalue weighted by molar-refractivity contribution is 9.13. The number of rotatable bonds is 0. The summed E-state index contributed by atoms with van der Waals surface area (Å²) >= 11 is 8.95. The van der Waals surface area contributed by atoms with Gasteiger partial charge in [-0.25, -0.2) is 0 Å². The number of aryl methyl sites for hydroxylation is 1. The number of hydrogen-bond acceptors (Lipinski definition) is 1. The lowest BCUT2D eigenvalue weighted by Crippen LogP contribution is -1.72. The van der Waals surface area contributed by atoms with Gasteiger partial charge in [0.2, 0.25) is 0 Å². The SMILES string of the molecule is Brc1sc2c(c1Br)CCC2. The fourth-order valence-corrected chi connectivity index (χ4v) is 3.97. The van der Waals surface area contributed by atoms with Crippen molar-refractivity contribution in [2.24, 2.45) is 0 Å². The van der Waals surface area contributed by atoms with Crippen LogP contribution in [0, 0.1) is 0 Å². The van der Waals surface area contributed by atoms with Gasteiger partial charge in [-0.1, -0.05) is 0 Å². The molecule has 1 aromatic heterocycles. The van der Waals surface area contributed by atoms with Crippen molar-refractivity contribution in [3.8, 4) is 0 Å². The van der Waals surface area contributed by atoms with Crippen molar-refractivity contribution in [2.75, 3.05) is 0 Å². The molecule has 54 valence electrons. The molecule has 0 saturated carbocycles. The average molecular weight is 282 g/mol. The van der Waals surface area contributed by atoms with E-state index in [1.54, 1.807) is 4.88 Å². The minimum absolute atomic E-state index is 1.26. The van der Waals surface area contributed by atoms with E-state index in [0.29, 0.717) is 0 Å². The summed E-state index contributed by atoms with van der Waals surface area (Å²) in [6.45, 7) is 0. The third-order valence-corrected chi connectivity index (χ3v) is 5.45. The van der Waals surface area contributed by atoms with E-state index in [-0.39, 0.29) is 0 Å². The van der Waals surface area contributed by atoms with Crippen molar-refractivity contribution >= 4 is 43.2 Å². The van der Waals surface area contributed by atoms with Gasteiger partial charge < -0.3 is 0 Å². The Bertz CT molecular complexity index is 265. The highest BCUT2D eigenvalue weighted by atomic mass is 79.9. The highest BCUT2D eigenvalue weighted by Crippen LogP contribution is 2.41. The lowest BCUT2D eigenvalue weighted by Gasteiger charge is -1.88. The molecule has 0 nitrogen and oxygen atoms in total. The van der Waals surface area contributed by atoms with Gasteiger partial charge in [0.05, 0.1) is 3.79 Å². The van der Waals surface area contributed by atoms with E-state index in [9.17, 15) is 0 Å². The van der Waals surface area contributed by atoms with Crippen molar-refractivity contribution in [3.63, 3.8) is 0 Å². The van der Waals surface area contributed by atoms with Crippen molar-refractivity contribution in [3.05, 3.63) is 18.7 Å². The topological polar surface area (TPSA) is 0 Å². The summed E-state index contributed by atoms with van der Waals surface area (Å²) in [7, 11) is 0. The second kappa shape index (κ2) is 2.61. The fraction of sp³-hybridized carbons (Fsp3) is 0.429. The predicted octanol–water partition coefficient (Wildman–Crippen LogP) is 3.76. The molecule has 0 saturated heterocycles. The first kappa shape index (κ1) is 7.32. The Morgan fingerprint density at radius 2 is 2.00 bits per heavy atom. The third kappa shape index (κ3) is 0.990. The van der Waals surface area contributed by atoms with Gasteiger partial charge in [-0.15, -0.1) is 11.3 Å².